The Morgan fingerprint density at radius 1 is 1.38 bits per heavy atom. The maximum Gasteiger partial charge on any atom is 0.311 e. The zero-order valence-electron chi connectivity index (χ0n) is 13.9. The second-order valence-corrected chi connectivity index (χ2v) is 7.10. The molecule has 2 atom stereocenters. The third-order valence-corrected chi connectivity index (χ3v) is 5.38. The Hall–Kier alpha value is -1.95. The number of carboxylic acids is 1. The predicted octanol–water partition coefficient (Wildman–Crippen LogP) is 1.62. The molecule has 0 unspecified atom stereocenters. The molecule has 0 radical (unpaired) electrons. The molecule has 1 amide bonds. The topological polar surface area (TPSA) is 60.9 Å². The summed E-state index contributed by atoms with van der Waals surface area (Å²) in [4.78, 5) is 28.3. The van der Waals surface area contributed by atoms with E-state index in [4.69, 9.17) is 0 Å². The molecule has 1 N–H and O–H groups in total. The van der Waals surface area contributed by atoms with E-state index in [2.05, 4.69) is 0 Å². The first-order valence-electron chi connectivity index (χ1n) is 8.35. The lowest BCUT2D eigenvalue weighted by Crippen LogP contribution is -2.43. The van der Waals surface area contributed by atoms with Crippen LogP contribution in [0.4, 0.5) is 4.39 Å². The summed E-state index contributed by atoms with van der Waals surface area (Å²) in [5.74, 6) is -1.22. The third-order valence-electron chi connectivity index (χ3n) is 5.38. The van der Waals surface area contributed by atoms with Crippen LogP contribution < -0.4 is 0 Å². The molecule has 1 aromatic rings. The molecule has 6 heteroatoms. The van der Waals surface area contributed by atoms with Crippen molar-refractivity contribution in [1.82, 2.24) is 9.80 Å². The third kappa shape index (κ3) is 3.15. The summed E-state index contributed by atoms with van der Waals surface area (Å²) in [7, 11) is 1.93. The Kier molecular flexibility index (Phi) is 4.58. The lowest BCUT2D eigenvalue weighted by Gasteiger charge is -2.29. The lowest BCUT2D eigenvalue weighted by atomic mass is 9.75. The number of rotatable bonds is 3. The van der Waals surface area contributed by atoms with E-state index in [1.54, 1.807) is 17.0 Å². The normalized spacial score (nSPS) is 27.6. The lowest BCUT2D eigenvalue weighted by molar-refractivity contribution is -0.151. The van der Waals surface area contributed by atoms with Crippen LogP contribution in [0, 0.1) is 17.2 Å². The van der Waals surface area contributed by atoms with Gasteiger partial charge in [-0.15, -0.1) is 0 Å². The van der Waals surface area contributed by atoms with Crippen molar-refractivity contribution in [3.63, 3.8) is 0 Å². The van der Waals surface area contributed by atoms with Gasteiger partial charge in [-0.25, -0.2) is 4.39 Å². The number of amides is 1. The zero-order chi connectivity index (χ0) is 17.3. The summed E-state index contributed by atoms with van der Waals surface area (Å²) in [6.45, 7) is 2.27. The van der Waals surface area contributed by atoms with Gasteiger partial charge in [-0.05, 0) is 37.6 Å². The van der Waals surface area contributed by atoms with E-state index in [0.717, 1.165) is 0 Å². The summed E-state index contributed by atoms with van der Waals surface area (Å²) in [5.41, 5.74) is -0.0971. The summed E-state index contributed by atoms with van der Waals surface area (Å²) >= 11 is 0. The minimum Gasteiger partial charge on any atom is -0.481 e. The van der Waals surface area contributed by atoms with Crippen LogP contribution in [0.15, 0.2) is 24.3 Å². The molecule has 2 fully saturated rings. The van der Waals surface area contributed by atoms with Gasteiger partial charge >= 0.3 is 5.97 Å². The van der Waals surface area contributed by atoms with Crippen molar-refractivity contribution in [2.45, 2.75) is 19.3 Å². The second kappa shape index (κ2) is 6.51. The number of likely N-dealkylation sites (tertiary alicyclic amines) is 2. The number of carboxylic acid groups (broad SMARTS) is 1. The molecule has 0 aromatic heterocycles. The number of fused-ring (bicyclic) bond motifs is 1. The number of nitrogens with zero attached hydrogens (tertiary/aromatic N) is 2. The minimum atomic E-state index is -0.753. The first kappa shape index (κ1) is 16.9. The van der Waals surface area contributed by atoms with Crippen LogP contribution in [0.3, 0.4) is 0 Å². The van der Waals surface area contributed by atoms with Gasteiger partial charge in [0.1, 0.15) is 5.82 Å². The highest BCUT2D eigenvalue weighted by atomic mass is 19.1. The summed E-state index contributed by atoms with van der Waals surface area (Å²) < 4.78 is 13.3. The molecule has 2 aliphatic rings. The Balaban J connectivity index is 1.74. The highest BCUT2D eigenvalue weighted by Gasteiger charge is 2.52. The van der Waals surface area contributed by atoms with Crippen LogP contribution in [-0.2, 0) is 16.0 Å². The van der Waals surface area contributed by atoms with Gasteiger partial charge in [-0.1, -0.05) is 12.1 Å². The van der Waals surface area contributed by atoms with Crippen LogP contribution in [0.2, 0.25) is 0 Å². The van der Waals surface area contributed by atoms with E-state index in [-0.39, 0.29) is 24.1 Å². The Morgan fingerprint density at radius 3 is 2.88 bits per heavy atom. The number of aliphatic carboxylic acids is 1. The van der Waals surface area contributed by atoms with E-state index in [9.17, 15) is 19.1 Å². The maximum absolute atomic E-state index is 13.3. The molecule has 2 aliphatic heterocycles. The molecule has 130 valence electrons. The van der Waals surface area contributed by atoms with Crippen molar-refractivity contribution in [3.8, 4) is 0 Å². The Bertz CT molecular complexity index is 651. The van der Waals surface area contributed by atoms with Gasteiger partial charge in [0.2, 0.25) is 5.91 Å². The number of benzene rings is 1. The van der Waals surface area contributed by atoms with Gasteiger partial charge in [0.15, 0.2) is 0 Å². The highest BCUT2D eigenvalue weighted by Crippen LogP contribution is 2.42. The standard InChI is InChI=1S/C18H23FN2O3/c1-20-10-14-11-21(7-3-6-18(14,12-20)17(23)24)16(22)9-13-4-2-5-15(19)8-13/h2,4-5,8,14H,3,6-7,9-12H2,1H3,(H,23,24)/t14-,18-/m0/s1. The summed E-state index contributed by atoms with van der Waals surface area (Å²) in [6.07, 6.45) is 1.44. The number of halogens is 1. The SMILES string of the molecule is CN1C[C@H]2CN(C(=O)Cc3cccc(F)c3)CCC[C@]2(C(=O)O)C1. The van der Waals surface area contributed by atoms with Crippen LogP contribution in [-0.4, -0.2) is 60.0 Å². The largest absolute Gasteiger partial charge is 0.481 e. The molecule has 3 rings (SSSR count). The molecular weight excluding hydrogens is 311 g/mol. The van der Waals surface area contributed by atoms with Crippen molar-refractivity contribution >= 4 is 11.9 Å². The summed E-state index contributed by atoms with van der Waals surface area (Å²) in [5, 5.41) is 9.76. The van der Waals surface area contributed by atoms with E-state index in [1.807, 2.05) is 11.9 Å². The van der Waals surface area contributed by atoms with Gasteiger partial charge in [-0.2, -0.15) is 0 Å². The van der Waals surface area contributed by atoms with E-state index < -0.39 is 11.4 Å². The van der Waals surface area contributed by atoms with Crippen LogP contribution in [0.1, 0.15) is 18.4 Å². The van der Waals surface area contributed by atoms with Crippen LogP contribution in [0.25, 0.3) is 0 Å². The van der Waals surface area contributed by atoms with E-state index in [0.29, 0.717) is 44.6 Å². The molecule has 0 spiro atoms. The average molecular weight is 334 g/mol. The van der Waals surface area contributed by atoms with Crippen molar-refractivity contribution in [2.75, 3.05) is 33.2 Å². The fourth-order valence-electron chi connectivity index (χ4n) is 4.19. The predicted molar refractivity (Wildman–Crippen MR) is 87.0 cm³/mol. The van der Waals surface area contributed by atoms with Crippen molar-refractivity contribution in [1.29, 1.82) is 0 Å². The molecule has 1 aromatic carbocycles. The molecule has 2 heterocycles. The summed E-state index contributed by atoms with van der Waals surface area (Å²) in [6, 6.07) is 6.07. The quantitative estimate of drug-likeness (QED) is 0.913. The van der Waals surface area contributed by atoms with Gasteiger partial charge in [-0.3, -0.25) is 9.59 Å². The van der Waals surface area contributed by atoms with Crippen molar-refractivity contribution in [3.05, 3.63) is 35.6 Å². The first-order chi connectivity index (χ1) is 11.4. The van der Waals surface area contributed by atoms with E-state index in [1.165, 1.54) is 12.1 Å². The smallest absolute Gasteiger partial charge is 0.311 e. The Labute approximate surface area is 141 Å². The molecule has 2 saturated heterocycles. The molecular formula is C18H23FN2O3. The molecule has 5 nitrogen and oxygen atoms in total. The molecule has 24 heavy (non-hydrogen) atoms. The molecule has 0 saturated carbocycles. The fraction of sp³-hybridized carbons (Fsp3) is 0.556. The molecule has 0 bridgehead atoms. The monoisotopic (exact) mass is 334 g/mol. The number of hydrogen-bond acceptors (Lipinski definition) is 3. The zero-order valence-corrected chi connectivity index (χ0v) is 13.9. The van der Waals surface area contributed by atoms with Gasteiger partial charge in [0, 0.05) is 32.1 Å². The fourth-order valence-corrected chi connectivity index (χ4v) is 4.19. The van der Waals surface area contributed by atoms with E-state index >= 15 is 0 Å². The van der Waals surface area contributed by atoms with Crippen LogP contribution >= 0.6 is 0 Å². The highest BCUT2D eigenvalue weighted by molar-refractivity contribution is 5.80. The number of carbonyl (C=O) groups is 2. The number of hydrogen-bond donors (Lipinski definition) is 1. The van der Waals surface area contributed by atoms with Crippen molar-refractivity contribution in [2.24, 2.45) is 11.3 Å². The van der Waals surface area contributed by atoms with Gasteiger partial charge in [0.05, 0.1) is 11.8 Å². The van der Waals surface area contributed by atoms with Gasteiger partial charge < -0.3 is 14.9 Å². The molecule has 0 aliphatic carbocycles. The second-order valence-electron chi connectivity index (χ2n) is 7.10. The Morgan fingerprint density at radius 2 is 2.17 bits per heavy atom. The first-order valence-corrected chi connectivity index (χ1v) is 8.35. The van der Waals surface area contributed by atoms with Gasteiger partial charge in [0.25, 0.3) is 0 Å². The van der Waals surface area contributed by atoms with Crippen LogP contribution in [0.5, 0.6) is 0 Å². The minimum absolute atomic E-state index is 0.0565. The maximum atomic E-state index is 13.3. The average Bonchev–Trinajstić information content (AvgIpc) is 2.71. The van der Waals surface area contributed by atoms with Crippen molar-refractivity contribution < 1.29 is 19.1 Å². The number of carbonyl (C=O) groups excluding carboxylic acids is 1.